The molecule has 2 N–H and O–H groups in total. The van der Waals surface area contributed by atoms with E-state index in [0.717, 1.165) is 13.1 Å². The second-order valence-corrected chi connectivity index (χ2v) is 5.01. The van der Waals surface area contributed by atoms with Crippen LogP contribution < -0.4 is 15.8 Å². The summed E-state index contributed by atoms with van der Waals surface area (Å²) in [5.41, 5.74) is 0.0795. The van der Waals surface area contributed by atoms with Crippen molar-refractivity contribution in [1.29, 1.82) is 0 Å². The van der Waals surface area contributed by atoms with Gasteiger partial charge in [-0.1, -0.05) is 11.2 Å². The van der Waals surface area contributed by atoms with Crippen molar-refractivity contribution in [2.45, 2.75) is 0 Å². The summed E-state index contributed by atoms with van der Waals surface area (Å²) in [5.74, 6) is -0.819. The first-order chi connectivity index (χ1) is 10.7. The normalized spacial score (nSPS) is 18.9. The third kappa shape index (κ3) is 3.34. The average molecular weight is 309 g/mol. The molecule has 1 aliphatic heterocycles. The van der Waals surface area contributed by atoms with Crippen molar-refractivity contribution in [3.8, 4) is 17.1 Å². The minimum Gasteiger partial charge on any atom is -0.492 e. The number of aromatic nitrogens is 2. The molecule has 7 nitrogen and oxygen atoms in total. The molecule has 0 saturated carbocycles. The Bertz CT molecular complexity index is 677. The number of nitrogens with zero attached hydrogens (tertiary/aromatic N) is 1. The highest BCUT2D eigenvalue weighted by Crippen LogP contribution is 2.30. The zero-order chi connectivity index (χ0) is 15.4. The molecule has 22 heavy (non-hydrogen) atoms. The summed E-state index contributed by atoms with van der Waals surface area (Å²) in [4.78, 5) is 13.4. The molecule has 0 radical (unpaired) electrons. The van der Waals surface area contributed by atoms with Crippen LogP contribution in [0.2, 0.25) is 0 Å². The quantitative estimate of drug-likeness (QED) is 0.868. The molecule has 2 aromatic rings. The van der Waals surface area contributed by atoms with E-state index in [4.69, 9.17) is 9.47 Å². The van der Waals surface area contributed by atoms with Crippen LogP contribution in [0, 0.1) is 11.7 Å². The van der Waals surface area contributed by atoms with E-state index >= 15 is 0 Å². The Hall–Kier alpha value is -2.19. The molecule has 8 heteroatoms. The summed E-state index contributed by atoms with van der Waals surface area (Å²) < 4.78 is 29.6. The van der Waals surface area contributed by atoms with Gasteiger partial charge in [0.05, 0.1) is 25.4 Å². The van der Waals surface area contributed by atoms with Crippen LogP contribution in [0.3, 0.4) is 0 Å². The summed E-state index contributed by atoms with van der Waals surface area (Å²) in [7, 11) is 0. The molecule has 1 aromatic heterocycles. The van der Waals surface area contributed by atoms with Gasteiger partial charge in [-0.15, -0.1) is 0 Å². The maximum atomic E-state index is 14.1. The van der Waals surface area contributed by atoms with Gasteiger partial charge < -0.3 is 14.8 Å². The summed E-state index contributed by atoms with van der Waals surface area (Å²) >= 11 is 0. The number of rotatable bonds is 4. The van der Waals surface area contributed by atoms with Crippen LogP contribution in [-0.2, 0) is 4.74 Å². The lowest BCUT2D eigenvalue weighted by Gasteiger charge is -2.16. The molecular weight excluding hydrogens is 293 g/mol. The highest BCUT2D eigenvalue weighted by Gasteiger charge is 2.19. The van der Waals surface area contributed by atoms with E-state index in [-0.39, 0.29) is 17.3 Å². The van der Waals surface area contributed by atoms with Gasteiger partial charge in [0.25, 0.3) is 0 Å². The number of halogens is 1. The monoisotopic (exact) mass is 309 g/mol. The van der Waals surface area contributed by atoms with E-state index in [1.807, 2.05) is 0 Å². The topological polar surface area (TPSA) is 89.4 Å². The fourth-order valence-electron chi connectivity index (χ4n) is 2.27. The first-order valence-corrected chi connectivity index (χ1v) is 7.00. The Morgan fingerprint density at radius 3 is 3.18 bits per heavy atom. The summed E-state index contributed by atoms with van der Waals surface area (Å²) in [6.07, 6.45) is 0. The van der Waals surface area contributed by atoms with Crippen molar-refractivity contribution in [3.05, 3.63) is 34.6 Å². The van der Waals surface area contributed by atoms with E-state index < -0.39 is 11.6 Å². The average Bonchev–Trinajstić information content (AvgIpc) is 2.77. The lowest BCUT2D eigenvalue weighted by molar-refractivity contribution is 0.102. The van der Waals surface area contributed by atoms with Crippen LogP contribution >= 0.6 is 0 Å². The van der Waals surface area contributed by atoms with E-state index in [9.17, 15) is 9.18 Å². The van der Waals surface area contributed by atoms with Gasteiger partial charge in [-0.3, -0.25) is 9.51 Å². The standard InChI is InChI=1S/C14H16FN3O4/c15-10-2-1-3-11(12(10)13-17-14(19)22-18-13)21-8-9-6-16-4-5-20-7-9/h1-3,9,16H,4-8H2,(H,17,18,19). The molecule has 1 fully saturated rings. The largest absolute Gasteiger partial charge is 0.492 e. The molecule has 2 heterocycles. The molecule has 0 aliphatic carbocycles. The maximum Gasteiger partial charge on any atom is 0.439 e. The van der Waals surface area contributed by atoms with Crippen LogP contribution in [0.1, 0.15) is 0 Å². The molecule has 1 unspecified atom stereocenters. The van der Waals surface area contributed by atoms with Crippen LogP contribution in [0.15, 0.2) is 27.5 Å². The molecule has 1 aromatic carbocycles. The fraction of sp³-hybridized carbons (Fsp3) is 0.429. The molecule has 0 bridgehead atoms. The van der Waals surface area contributed by atoms with Crippen LogP contribution in [-0.4, -0.2) is 43.1 Å². The maximum absolute atomic E-state index is 14.1. The lowest BCUT2D eigenvalue weighted by Crippen LogP contribution is -2.27. The third-order valence-electron chi connectivity index (χ3n) is 3.34. The van der Waals surface area contributed by atoms with Crippen molar-refractivity contribution < 1.29 is 18.4 Å². The number of hydrogen-bond acceptors (Lipinski definition) is 6. The van der Waals surface area contributed by atoms with Crippen LogP contribution in [0.5, 0.6) is 5.75 Å². The van der Waals surface area contributed by atoms with Gasteiger partial charge in [0.2, 0.25) is 0 Å². The number of ether oxygens (including phenoxy) is 2. The van der Waals surface area contributed by atoms with Gasteiger partial charge >= 0.3 is 5.76 Å². The fourth-order valence-corrected chi connectivity index (χ4v) is 2.27. The molecule has 0 spiro atoms. The van der Waals surface area contributed by atoms with E-state index in [2.05, 4.69) is 20.0 Å². The van der Waals surface area contributed by atoms with Gasteiger partial charge in [0.1, 0.15) is 11.6 Å². The van der Waals surface area contributed by atoms with E-state index in [1.54, 1.807) is 6.07 Å². The highest BCUT2D eigenvalue weighted by atomic mass is 19.1. The van der Waals surface area contributed by atoms with Crippen molar-refractivity contribution in [2.24, 2.45) is 5.92 Å². The van der Waals surface area contributed by atoms with Gasteiger partial charge in [0.15, 0.2) is 5.82 Å². The Balaban J connectivity index is 1.78. The Morgan fingerprint density at radius 2 is 2.36 bits per heavy atom. The highest BCUT2D eigenvalue weighted by molar-refractivity contribution is 5.64. The molecule has 3 rings (SSSR count). The van der Waals surface area contributed by atoms with Crippen molar-refractivity contribution in [3.63, 3.8) is 0 Å². The predicted molar refractivity (Wildman–Crippen MR) is 75.2 cm³/mol. The summed E-state index contributed by atoms with van der Waals surface area (Å²) in [6.45, 7) is 3.19. The Labute approximate surface area is 125 Å². The van der Waals surface area contributed by atoms with Crippen molar-refractivity contribution >= 4 is 0 Å². The minimum absolute atomic E-state index is 0.00772. The first kappa shape index (κ1) is 14.7. The zero-order valence-electron chi connectivity index (χ0n) is 11.8. The number of hydrogen-bond donors (Lipinski definition) is 2. The Kier molecular flexibility index (Phi) is 4.50. The SMILES string of the molecule is O=c1[nH]c(-c2c(F)cccc2OCC2CNCCOC2)no1. The zero-order valence-corrected chi connectivity index (χ0v) is 11.8. The lowest BCUT2D eigenvalue weighted by atomic mass is 10.1. The molecule has 0 amide bonds. The number of benzene rings is 1. The predicted octanol–water partition coefficient (Wildman–Crippen LogP) is 0.784. The molecular formula is C14H16FN3O4. The number of H-pyrrole nitrogens is 1. The van der Waals surface area contributed by atoms with Crippen LogP contribution in [0.25, 0.3) is 11.4 Å². The van der Waals surface area contributed by atoms with Crippen molar-refractivity contribution in [1.82, 2.24) is 15.5 Å². The number of nitrogens with one attached hydrogen (secondary N) is 2. The van der Waals surface area contributed by atoms with Gasteiger partial charge in [-0.2, -0.15) is 0 Å². The van der Waals surface area contributed by atoms with E-state index in [0.29, 0.717) is 25.6 Å². The first-order valence-electron chi connectivity index (χ1n) is 7.00. The summed E-state index contributed by atoms with van der Waals surface area (Å²) in [5, 5.41) is 6.76. The number of aromatic amines is 1. The van der Waals surface area contributed by atoms with Gasteiger partial charge in [-0.25, -0.2) is 9.18 Å². The smallest absolute Gasteiger partial charge is 0.439 e. The molecule has 1 atom stereocenters. The minimum atomic E-state index is -0.745. The molecule has 118 valence electrons. The molecule has 1 saturated heterocycles. The van der Waals surface area contributed by atoms with Crippen LogP contribution in [0.4, 0.5) is 4.39 Å². The second kappa shape index (κ2) is 6.71. The van der Waals surface area contributed by atoms with E-state index in [1.165, 1.54) is 12.1 Å². The Morgan fingerprint density at radius 1 is 1.45 bits per heavy atom. The summed E-state index contributed by atoms with van der Waals surface area (Å²) in [6, 6.07) is 4.43. The molecule has 1 aliphatic rings. The second-order valence-electron chi connectivity index (χ2n) is 5.01. The third-order valence-corrected chi connectivity index (χ3v) is 3.34. The van der Waals surface area contributed by atoms with Crippen molar-refractivity contribution in [2.75, 3.05) is 32.9 Å². The van der Waals surface area contributed by atoms with Gasteiger partial charge in [0, 0.05) is 19.0 Å². The van der Waals surface area contributed by atoms with Gasteiger partial charge in [-0.05, 0) is 12.1 Å².